The Hall–Kier alpha value is -0.0700. The molecule has 0 heterocycles. The van der Waals surface area contributed by atoms with E-state index in [9.17, 15) is 8.42 Å². The van der Waals surface area contributed by atoms with Crippen LogP contribution in [0.4, 0.5) is 0 Å². The number of benzene rings is 1. The lowest BCUT2D eigenvalue weighted by Gasteiger charge is -2.13. The Kier molecular flexibility index (Phi) is 5.47. The molecule has 96 valence electrons. The van der Waals surface area contributed by atoms with Crippen molar-refractivity contribution in [1.82, 2.24) is 0 Å². The van der Waals surface area contributed by atoms with Gasteiger partial charge in [0.25, 0.3) is 0 Å². The van der Waals surface area contributed by atoms with Crippen LogP contribution in [0.2, 0.25) is 0 Å². The van der Waals surface area contributed by atoms with E-state index in [2.05, 4.69) is 31.9 Å². The summed E-state index contributed by atoms with van der Waals surface area (Å²) in [7, 11) is -2.98. The summed E-state index contributed by atoms with van der Waals surface area (Å²) < 4.78 is 28.6. The second kappa shape index (κ2) is 6.20. The molecule has 0 bridgehead atoms. The van der Waals surface area contributed by atoms with Crippen molar-refractivity contribution in [3.05, 3.63) is 27.7 Å². The predicted octanol–water partition coefficient (Wildman–Crippen LogP) is 3.08. The van der Waals surface area contributed by atoms with Crippen molar-refractivity contribution in [3.8, 4) is 5.75 Å². The number of hydrogen-bond donors (Lipinski definition) is 0. The molecule has 1 aromatic rings. The van der Waals surface area contributed by atoms with Crippen molar-refractivity contribution < 1.29 is 13.2 Å². The second-order valence-electron chi connectivity index (χ2n) is 3.82. The SMILES string of the molecule is Cc1cc(Br)cc(CBr)c1OCCS(C)(=O)=O. The summed E-state index contributed by atoms with van der Waals surface area (Å²) >= 11 is 6.80. The molecular weight excluding hydrogens is 372 g/mol. The molecule has 0 aliphatic heterocycles. The van der Waals surface area contributed by atoms with Crippen LogP contribution in [0.15, 0.2) is 16.6 Å². The van der Waals surface area contributed by atoms with Crippen LogP contribution < -0.4 is 4.74 Å². The molecule has 0 aliphatic carbocycles. The number of alkyl halides is 1. The highest BCUT2D eigenvalue weighted by molar-refractivity contribution is 9.10. The van der Waals surface area contributed by atoms with Gasteiger partial charge in [-0.15, -0.1) is 0 Å². The fourth-order valence-electron chi connectivity index (χ4n) is 1.40. The number of sulfone groups is 1. The van der Waals surface area contributed by atoms with Gasteiger partial charge in [0.15, 0.2) is 9.84 Å². The first kappa shape index (κ1) is 15.0. The van der Waals surface area contributed by atoms with Gasteiger partial charge >= 0.3 is 0 Å². The molecule has 0 radical (unpaired) electrons. The quantitative estimate of drug-likeness (QED) is 0.731. The third-order valence-electron chi connectivity index (χ3n) is 2.16. The molecule has 17 heavy (non-hydrogen) atoms. The molecule has 6 heteroatoms. The maximum Gasteiger partial charge on any atom is 0.150 e. The third-order valence-corrected chi connectivity index (χ3v) is 4.13. The summed E-state index contributed by atoms with van der Waals surface area (Å²) in [4.78, 5) is 0. The molecule has 0 unspecified atom stereocenters. The average Bonchev–Trinajstić information content (AvgIpc) is 2.18. The molecule has 0 fully saturated rings. The van der Waals surface area contributed by atoms with Gasteiger partial charge in [0.1, 0.15) is 12.4 Å². The lowest BCUT2D eigenvalue weighted by molar-refractivity contribution is 0.336. The standard InChI is InChI=1S/C11H14Br2O3S/c1-8-5-10(13)6-9(7-12)11(8)16-3-4-17(2,14)15/h5-6H,3-4,7H2,1-2H3. The molecule has 3 nitrogen and oxygen atoms in total. The fourth-order valence-corrected chi connectivity index (χ4v) is 2.82. The van der Waals surface area contributed by atoms with Crippen molar-refractivity contribution in [2.45, 2.75) is 12.3 Å². The third kappa shape index (κ3) is 4.97. The summed E-state index contributed by atoms with van der Waals surface area (Å²) in [5.41, 5.74) is 1.99. The van der Waals surface area contributed by atoms with E-state index >= 15 is 0 Å². The van der Waals surface area contributed by atoms with Crippen molar-refractivity contribution in [2.75, 3.05) is 18.6 Å². The maximum absolute atomic E-state index is 11.0. The molecule has 0 amide bonds. The van der Waals surface area contributed by atoms with E-state index < -0.39 is 9.84 Å². The van der Waals surface area contributed by atoms with Gasteiger partial charge in [-0.05, 0) is 24.6 Å². The van der Waals surface area contributed by atoms with Crippen LogP contribution >= 0.6 is 31.9 Å². The van der Waals surface area contributed by atoms with Crippen LogP contribution in [0.3, 0.4) is 0 Å². The normalized spacial score (nSPS) is 11.5. The molecule has 1 rings (SSSR count). The summed E-state index contributed by atoms with van der Waals surface area (Å²) in [6, 6.07) is 3.90. The fraction of sp³-hybridized carbons (Fsp3) is 0.455. The van der Waals surface area contributed by atoms with Crippen molar-refractivity contribution in [3.63, 3.8) is 0 Å². The van der Waals surface area contributed by atoms with Crippen LogP contribution in [0.5, 0.6) is 5.75 Å². The molecule has 0 saturated carbocycles. The zero-order valence-electron chi connectivity index (χ0n) is 9.66. The molecule has 1 aromatic carbocycles. The Balaban J connectivity index is 2.83. The van der Waals surface area contributed by atoms with E-state index in [0.29, 0.717) is 5.33 Å². The largest absolute Gasteiger partial charge is 0.492 e. The minimum Gasteiger partial charge on any atom is -0.492 e. The molecule has 0 aromatic heterocycles. The molecule has 0 aliphatic rings. The van der Waals surface area contributed by atoms with Gasteiger partial charge in [0.2, 0.25) is 0 Å². The molecular formula is C11H14Br2O3S. The minimum absolute atomic E-state index is 0.0320. The van der Waals surface area contributed by atoms with Crippen LogP contribution in [-0.2, 0) is 15.2 Å². The Morgan fingerprint density at radius 2 is 2.00 bits per heavy atom. The smallest absolute Gasteiger partial charge is 0.150 e. The first-order valence-electron chi connectivity index (χ1n) is 4.99. The number of halogens is 2. The second-order valence-corrected chi connectivity index (χ2v) is 7.56. The van der Waals surface area contributed by atoms with Crippen molar-refractivity contribution in [1.29, 1.82) is 0 Å². The Morgan fingerprint density at radius 1 is 1.35 bits per heavy atom. The lowest BCUT2D eigenvalue weighted by atomic mass is 10.1. The van der Waals surface area contributed by atoms with Gasteiger partial charge in [-0.2, -0.15) is 0 Å². The van der Waals surface area contributed by atoms with E-state index in [4.69, 9.17) is 4.74 Å². The van der Waals surface area contributed by atoms with Crippen LogP contribution in [0.1, 0.15) is 11.1 Å². The number of aryl methyl sites for hydroxylation is 1. The molecule has 0 saturated heterocycles. The minimum atomic E-state index is -2.98. The summed E-state index contributed by atoms with van der Waals surface area (Å²) in [5, 5.41) is 0.668. The van der Waals surface area contributed by atoms with E-state index in [0.717, 1.165) is 21.3 Å². The zero-order chi connectivity index (χ0) is 13.1. The van der Waals surface area contributed by atoms with E-state index in [1.54, 1.807) is 0 Å². The van der Waals surface area contributed by atoms with Crippen LogP contribution in [0.25, 0.3) is 0 Å². The Morgan fingerprint density at radius 3 is 2.53 bits per heavy atom. The van der Waals surface area contributed by atoms with Crippen molar-refractivity contribution in [2.24, 2.45) is 0 Å². The van der Waals surface area contributed by atoms with Gasteiger partial charge in [0, 0.05) is 21.6 Å². The topological polar surface area (TPSA) is 43.4 Å². The summed E-state index contributed by atoms with van der Waals surface area (Å²) in [6.45, 7) is 2.12. The van der Waals surface area contributed by atoms with Gasteiger partial charge in [-0.25, -0.2) is 8.42 Å². The van der Waals surface area contributed by atoms with Crippen LogP contribution in [0, 0.1) is 6.92 Å². The summed E-state index contributed by atoms with van der Waals surface area (Å²) in [5.74, 6) is 0.790. The van der Waals surface area contributed by atoms with E-state index in [1.165, 1.54) is 6.26 Å². The van der Waals surface area contributed by atoms with Gasteiger partial charge < -0.3 is 4.74 Å². The highest BCUT2D eigenvalue weighted by atomic mass is 79.9. The summed E-state index contributed by atoms with van der Waals surface area (Å²) in [6.07, 6.45) is 1.20. The maximum atomic E-state index is 11.0. The van der Waals surface area contributed by atoms with E-state index in [-0.39, 0.29) is 12.4 Å². The first-order chi connectivity index (χ1) is 7.83. The van der Waals surface area contributed by atoms with E-state index in [1.807, 2.05) is 19.1 Å². The first-order valence-corrected chi connectivity index (χ1v) is 8.96. The average molecular weight is 386 g/mol. The highest BCUT2D eigenvalue weighted by Gasteiger charge is 2.09. The van der Waals surface area contributed by atoms with Crippen molar-refractivity contribution >= 4 is 41.7 Å². The lowest BCUT2D eigenvalue weighted by Crippen LogP contribution is -2.13. The van der Waals surface area contributed by atoms with Gasteiger partial charge in [0.05, 0.1) is 5.75 Å². The highest BCUT2D eigenvalue weighted by Crippen LogP contribution is 2.29. The van der Waals surface area contributed by atoms with Crippen LogP contribution in [-0.4, -0.2) is 27.0 Å². The number of hydrogen-bond acceptors (Lipinski definition) is 3. The monoisotopic (exact) mass is 384 g/mol. The molecule has 0 spiro atoms. The Labute approximate surface area is 119 Å². The molecule has 0 atom stereocenters. The number of rotatable bonds is 5. The Bertz CT molecular complexity index is 498. The van der Waals surface area contributed by atoms with Gasteiger partial charge in [-0.1, -0.05) is 31.9 Å². The zero-order valence-corrected chi connectivity index (χ0v) is 13.7. The molecule has 0 N–H and O–H groups in total. The number of ether oxygens (including phenoxy) is 1. The predicted molar refractivity (Wildman–Crippen MR) is 76.7 cm³/mol. The van der Waals surface area contributed by atoms with Gasteiger partial charge in [-0.3, -0.25) is 0 Å².